The van der Waals surface area contributed by atoms with E-state index in [9.17, 15) is 9.59 Å². The van der Waals surface area contributed by atoms with Crippen LogP contribution in [0.25, 0.3) is 0 Å². The molecule has 1 fully saturated rings. The lowest BCUT2D eigenvalue weighted by Crippen LogP contribution is -2.43. The van der Waals surface area contributed by atoms with Gasteiger partial charge in [-0.3, -0.25) is 14.5 Å². The standard InChI is InChI=1S/C28H35N3O6/c1-5-37-28(33)19-12-14-30(15-13-19)18-27(32)31-24(22-8-6-7-9-25(22)35-3)17-23(29-31)21-11-10-20(34-2)16-26(21)36-4/h6-11,16,19,24H,5,12-15,17-18H2,1-4H3/t24-/m1/s1. The van der Waals surface area contributed by atoms with E-state index in [2.05, 4.69) is 4.90 Å². The number of para-hydroxylation sites is 1. The number of ether oxygens (including phenoxy) is 4. The summed E-state index contributed by atoms with van der Waals surface area (Å²) in [7, 11) is 4.84. The first kappa shape index (κ1) is 26.5. The van der Waals surface area contributed by atoms with Gasteiger partial charge in [0.25, 0.3) is 5.91 Å². The van der Waals surface area contributed by atoms with Crippen molar-refractivity contribution >= 4 is 17.6 Å². The summed E-state index contributed by atoms with van der Waals surface area (Å²) in [5.41, 5.74) is 2.46. The molecule has 1 saturated heterocycles. The van der Waals surface area contributed by atoms with Gasteiger partial charge in [0.1, 0.15) is 17.2 Å². The summed E-state index contributed by atoms with van der Waals surface area (Å²) in [4.78, 5) is 27.8. The number of carbonyl (C=O) groups is 2. The number of hydrazone groups is 1. The van der Waals surface area contributed by atoms with E-state index in [1.54, 1.807) is 26.3 Å². The zero-order valence-electron chi connectivity index (χ0n) is 21.9. The molecule has 2 aromatic rings. The van der Waals surface area contributed by atoms with Crippen LogP contribution in [0.4, 0.5) is 0 Å². The zero-order chi connectivity index (χ0) is 26.4. The van der Waals surface area contributed by atoms with E-state index in [0.717, 1.165) is 16.8 Å². The molecule has 2 aliphatic rings. The predicted octanol–water partition coefficient (Wildman–Crippen LogP) is 3.67. The number of benzene rings is 2. The minimum Gasteiger partial charge on any atom is -0.497 e. The molecule has 2 aliphatic heterocycles. The molecule has 0 saturated carbocycles. The van der Waals surface area contributed by atoms with Crippen molar-refractivity contribution in [2.75, 3.05) is 47.6 Å². The van der Waals surface area contributed by atoms with Crippen LogP contribution < -0.4 is 14.2 Å². The van der Waals surface area contributed by atoms with Crippen molar-refractivity contribution in [3.05, 3.63) is 53.6 Å². The monoisotopic (exact) mass is 509 g/mol. The molecule has 0 radical (unpaired) electrons. The molecule has 0 spiro atoms. The van der Waals surface area contributed by atoms with Crippen molar-refractivity contribution < 1.29 is 28.5 Å². The largest absolute Gasteiger partial charge is 0.497 e. The molecule has 0 aliphatic carbocycles. The van der Waals surface area contributed by atoms with Crippen LogP contribution in [-0.4, -0.2) is 75.1 Å². The minimum atomic E-state index is -0.317. The molecule has 1 atom stereocenters. The summed E-state index contributed by atoms with van der Waals surface area (Å²) in [5, 5.41) is 6.39. The Morgan fingerprint density at radius 2 is 1.70 bits per heavy atom. The van der Waals surface area contributed by atoms with Crippen LogP contribution in [0.15, 0.2) is 47.6 Å². The molecule has 198 valence electrons. The molecule has 4 rings (SSSR count). The maximum atomic E-state index is 13.6. The van der Waals surface area contributed by atoms with Crippen molar-refractivity contribution in [1.29, 1.82) is 0 Å². The molecule has 1 amide bonds. The summed E-state index contributed by atoms with van der Waals surface area (Å²) >= 11 is 0. The molecule has 37 heavy (non-hydrogen) atoms. The molecule has 0 aromatic heterocycles. The number of carbonyl (C=O) groups excluding carboxylic acids is 2. The quantitative estimate of drug-likeness (QED) is 0.477. The second-order valence-electron chi connectivity index (χ2n) is 9.12. The van der Waals surface area contributed by atoms with Crippen molar-refractivity contribution in [1.82, 2.24) is 9.91 Å². The van der Waals surface area contributed by atoms with Crippen LogP contribution in [0, 0.1) is 5.92 Å². The highest BCUT2D eigenvalue weighted by molar-refractivity contribution is 6.05. The van der Waals surface area contributed by atoms with Gasteiger partial charge in [-0.2, -0.15) is 5.10 Å². The second-order valence-corrected chi connectivity index (χ2v) is 9.12. The Hall–Kier alpha value is -3.59. The summed E-state index contributed by atoms with van der Waals surface area (Å²) in [6, 6.07) is 13.0. The summed E-state index contributed by atoms with van der Waals surface area (Å²) in [6.07, 6.45) is 1.87. The van der Waals surface area contributed by atoms with E-state index in [1.165, 1.54) is 0 Å². The summed E-state index contributed by atoms with van der Waals surface area (Å²) in [5.74, 6) is 1.66. The van der Waals surface area contributed by atoms with Crippen molar-refractivity contribution in [3.8, 4) is 17.2 Å². The normalized spacial score (nSPS) is 18.3. The van der Waals surface area contributed by atoms with Gasteiger partial charge in [0, 0.05) is 23.6 Å². The fourth-order valence-electron chi connectivity index (χ4n) is 4.97. The fourth-order valence-corrected chi connectivity index (χ4v) is 4.97. The minimum absolute atomic E-state index is 0.104. The van der Waals surface area contributed by atoms with Crippen LogP contribution in [0.1, 0.15) is 43.4 Å². The number of hydrogen-bond acceptors (Lipinski definition) is 8. The van der Waals surface area contributed by atoms with E-state index in [4.69, 9.17) is 24.0 Å². The average Bonchev–Trinajstić information content (AvgIpc) is 3.38. The Kier molecular flexibility index (Phi) is 8.66. The number of rotatable bonds is 9. The average molecular weight is 510 g/mol. The third kappa shape index (κ3) is 5.88. The first-order valence-electron chi connectivity index (χ1n) is 12.6. The highest BCUT2D eigenvalue weighted by Crippen LogP contribution is 2.39. The molecule has 9 heteroatoms. The number of amides is 1. The highest BCUT2D eigenvalue weighted by atomic mass is 16.5. The first-order chi connectivity index (χ1) is 18.0. The fraction of sp³-hybridized carbons (Fsp3) is 0.464. The Morgan fingerprint density at radius 1 is 0.973 bits per heavy atom. The number of piperidine rings is 1. The molecule has 2 heterocycles. The Bertz CT molecular complexity index is 1140. The van der Waals surface area contributed by atoms with Gasteiger partial charge < -0.3 is 18.9 Å². The third-order valence-corrected chi connectivity index (χ3v) is 6.95. The molecule has 0 bridgehead atoms. The van der Waals surface area contributed by atoms with Crippen LogP contribution in [0.3, 0.4) is 0 Å². The van der Waals surface area contributed by atoms with E-state index in [0.29, 0.717) is 56.2 Å². The summed E-state index contributed by atoms with van der Waals surface area (Å²) < 4.78 is 21.7. The van der Waals surface area contributed by atoms with E-state index in [1.807, 2.05) is 49.4 Å². The zero-order valence-corrected chi connectivity index (χ0v) is 21.9. The van der Waals surface area contributed by atoms with Crippen LogP contribution in [-0.2, 0) is 14.3 Å². The van der Waals surface area contributed by atoms with Crippen LogP contribution >= 0.6 is 0 Å². The third-order valence-electron chi connectivity index (χ3n) is 6.95. The molecule has 2 aromatic carbocycles. The number of nitrogens with zero attached hydrogens (tertiary/aromatic N) is 3. The Morgan fingerprint density at radius 3 is 2.38 bits per heavy atom. The molecular formula is C28H35N3O6. The maximum absolute atomic E-state index is 13.6. The van der Waals surface area contributed by atoms with Gasteiger partial charge in [-0.25, -0.2) is 5.01 Å². The van der Waals surface area contributed by atoms with Gasteiger partial charge in [0.2, 0.25) is 0 Å². The number of hydrogen-bond donors (Lipinski definition) is 0. The summed E-state index contributed by atoms with van der Waals surface area (Å²) in [6.45, 7) is 3.74. The van der Waals surface area contributed by atoms with Gasteiger partial charge in [0.15, 0.2) is 0 Å². The van der Waals surface area contributed by atoms with Crippen molar-refractivity contribution in [2.24, 2.45) is 11.0 Å². The SMILES string of the molecule is CCOC(=O)C1CCN(CC(=O)N2N=C(c3ccc(OC)cc3OC)C[C@@H]2c2ccccc2OC)CC1. The first-order valence-corrected chi connectivity index (χ1v) is 12.6. The van der Waals surface area contributed by atoms with Crippen LogP contribution in [0.2, 0.25) is 0 Å². The van der Waals surface area contributed by atoms with E-state index < -0.39 is 0 Å². The molecule has 9 nitrogen and oxygen atoms in total. The van der Waals surface area contributed by atoms with Gasteiger partial charge in [0.05, 0.1) is 52.2 Å². The lowest BCUT2D eigenvalue weighted by molar-refractivity contribution is -0.149. The highest BCUT2D eigenvalue weighted by Gasteiger charge is 2.37. The van der Waals surface area contributed by atoms with Crippen molar-refractivity contribution in [2.45, 2.75) is 32.2 Å². The van der Waals surface area contributed by atoms with E-state index in [-0.39, 0.29) is 30.4 Å². The molecular weight excluding hydrogens is 474 g/mol. The number of methoxy groups -OCH3 is 3. The lowest BCUT2D eigenvalue weighted by Gasteiger charge is -2.32. The lowest BCUT2D eigenvalue weighted by atomic mass is 9.96. The van der Waals surface area contributed by atoms with Gasteiger partial charge in [-0.05, 0) is 51.1 Å². The van der Waals surface area contributed by atoms with Gasteiger partial charge >= 0.3 is 5.97 Å². The number of likely N-dealkylation sites (tertiary alicyclic amines) is 1. The molecule has 0 unspecified atom stereocenters. The van der Waals surface area contributed by atoms with Gasteiger partial charge in [-0.1, -0.05) is 18.2 Å². The number of esters is 1. The Balaban J connectivity index is 1.57. The van der Waals surface area contributed by atoms with Gasteiger partial charge in [-0.15, -0.1) is 0 Å². The smallest absolute Gasteiger partial charge is 0.309 e. The van der Waals surface area contributed by atoms with Crippen molar-refractivity contribution in [3.63, 3.8) is 0 Å². The topological polar surface area (TPSA) is 89.9 Å². The second kappa shape index (κ2) is 12.1. The van der Waals surface area contributed by atoms with E-state index >= 15 is 0 Å². The maximum Gasteiger partial charge on any atom is 0.309 e. The molecule has 0 N–H and O–H groups in total. The predicted molar refractivity (Wildman–Crippen MR) is 139 cm³/mol. The Labute approximate surface area is 217 Å². The van der Waals surface area contributed by atoms with Crippen LogP contribution in [0.5, 0.6) is 17.2 Å².